The Morgan fingerprint density at radius 1 is 0.556 bits per heavy atom. The molecule has 0 aromatic heterocycles. The molecule has 0 saturated carbocycles. The van der Waals surface area contributed by atoms with Crippen molar-refractivity contribution >= 4 is 22.7 Å². The number of hydrogen-bond donors (Lipinski definition) is 0. The van der Waals surface area contributed by atoms with Crippen molar-refractivity contribution in [1.82, 2.24) is 0 Å². The van der Waals surface area contributed by atoms with Gasteiger partial charge in [-0.25, -0.2) is 0 Å². The van der Waals surface area contributed by atoms with Crippen LogP contribution < -0.4 is 9.80 Å². The van der Waals surface area contributed by atoms with Crippen LogP contribution in [0.1, 0.15) is 43.4 Å². The van der Waals surface area contributed by atoms with Gasteiger partial charge in [-0.3, -0.25) is 0 Å². The SMILES string of the molecule is CC1C=C(N(c2cccc(-c3ccccc3)c2)c2ccc3c(c2)C(C)(C)c2ccccc2-3)C=CC1C1=CC2c3ccccc3N(c3ccccc3)C2C=C1. The van der Waals surface area contributed by atoms with Crippen LogP contribution in [0.4, 0.5) is 22.7 Å². The van der Waals surface area contributed by atoms with Crippen molar-refractivity contribution in [3.05, 3.63) is 216 Å². The molecule has 262 valence electrons. The zero-order valence-electron chi connectivity index (χ0n) is 31.1. The lowest BCUT2D eigenvalue weighted by Gasteiger charge is -2.34. The minimum Gasteiger partial charge on any atom is -0.333 e. The van der Waals surface area contributed by atoms with Gasteiger partial charge < -0.3 is 9.80 Å². The number of rotatable bonds is 6. The molecule has 0 saturated heterocycles. The summed E-state index contributed by atoms with van der Waals surface area (Å²) in [7, 11) is 0. The molecule has 0 fully saturated rings. The van der Waals surface area contributed by atoms with Crippen LogP contribution in [-0.4, -0.2) is 6.04 Å². The summed E-state index contributed by atoms with van der Waals surface area (Å²) < 4.78 is 0. The largest absolute Gasteiger partial charge is 0.333 e. The van der Waals surface area contributed by atoms with Crippen molar-refractivity contribution < 1.29 is 0 Å². The lowest BCUT2D eigenvalue weighted by Crippen LogP contribution is -2.30. The molecule has 0 bridgehead atoms. The third-order valence-electron chi connectivity index (χ3n) is 12.3. The molecule has 4 unspecified atom stereocenters. The first-order valence-corrected chi connectivity index (χ1v) is 19.4. The summed E-state index contributed by atoms with van der Waals surface area (Å²) in [6.45, 7) is 7.12. The Balaban J connectivity index is 1.02. The number of hydrogen-bond acceptors (Lipinski definition) is 2. The maximum Gasteiger partial charge on any atom is 0.0629 e. The predicted molar refractivity (Wildman–Crippen MR) is 227 cm³/mol. The van der Waals surface area contributed by atoms with Crippen molar-refractivity contribution in [2.24, 2.45) is 11.8 Å². The molecule has 0 amide bonds. The van der Waals surface area contributed by atoms with E-state index in [9.17, 15) is 0 Å². The molecule has 4 aliphatic rings. The van der Waals surface area contributed by atoms with Crippen LogP contribution in [0.25, 0.3) is 22.3 Å². The van der Waals surface area contributed by atoms with Gasteiger partial charge in [-0.05, 0) is 99.0 Å². The van der Waals surface area contributed by atoms with Gasteiger partial charge in [0.2, 0.25) is 0 Å². The second kappa shape index (κ2) is 12.8. The van der Waals surface area contributed by atoms with Crippen LogP contribution in [0.15, 0.2) is 199 Å². The van der Waals surface area contributed by atoms with Gasteiger partial charge in [0.05, 0.1) is 6.04 Å². The van der Waals surface area contributed by atoms with Gasteiger partial charge in [0.25, 0.3) is 0 Å². The standard InChI is InChI=1S/C52H44N2/c1-35-31-41(26-28-43(35)38-25-30-51-47(33-38)46-22-11-13-24-50(46)54(51)39-18-8-5-9-19-39)53(40-20-14-17-37(32-40)36-15-6-4-7-16-36)42-27-29-45-44-21-10-12-23-48(44)52(2,3)49(45)34-42/h4-35,43,47,51H,1-3H3. The number of benzene rings is 6. The van der Waals surface area contributed by atoms with E-state index in [1.165, 1.54) is 67.3 Å². The quantitative estimate of drug-likeness (QED) is 0.171. The molecule has 6 aromatic carbocycles. The highest BCUT2D eigenvalue weighted by molar-refractivity contribution is 5.85. The van der Waals surface area contributed by atoms with Crippen molar-refractivity contribution in [2.75, 3.05) is 9.80 Å². The molecule has 1 aliphatic heterocycles. The summed E-state index contributed by atoms with van der Waals surface area (Å²) in [5, 5.41) is 0. The lowest BCUT2D eigenvalue weighted by molar-refractivity contribution is 0.570. The Morgan fingerprint density at radius 3 is 2.09 bits per heavy atom. The molecular weight excluding hydrogens is 653 g/mol. The van der Waals surface area contributed by atoms with Gasteiger partial charge in [-0.1, -0.05) is 160 Å². The number of anilines is 4. The lowest BCUT2D eigenvalue weighted by atomic mass is 9.77. The zero-order chi connectivity index (χ0) is 36.4. The fourth-order valence-electron chi connectivity index (χ4n) is 9.59. The van der Waals surface area contributed by atoms with E-state index >= 15 is 0 Å². The van der Waals surface area contributed by atoms with Gasteiger partial charge in [0.15, 0.2) is 0 Å². The van der Waals surface area contributed by atoms with Crippen LogP contribution in [0.2, 0.25) is 0 Å². The summed E-state index contributed by atoms with van der Waals surface area (Å²) in [5.74, 6) is 0.896. The fraction of sp³-hybridized carbons (Fsp3) is 0.154. The molecule has 6 aromatic rings. The predicted octanol–water partition coefficient (Wildman–Crippen LogP) is 13.3. The third kappa shape index (κ3) is 5.23. The van der Waals surface area contributed by atoms with Gasteiger partial charge in [0.1, 0.15) is 0 Å². The second-order valence-corrected chi connectivity index (χ2v) is 15.8. The molecule has 0 spiro atoms. The van der Waals surface area contributed by atoms with Crippen molar-refractivity contribution in [3.63, 3.8) is 0 Å². The highest BCUT2D eigenvalue weighted by atomic mass is 15.2. The Kier molecular flexibility index (Phi) is 7.70. The van der Waals surface area contributed by atoms with E-state index in [4.69, 9.17) is 0 Å². The Hall–Kier alpha value is -6.12. The Labute approximate surface area is 319 Å². The average Bonchev–Trinajstić information content (AvgIpc) is 3.67. The van der Waals surface area contributed by atoms with Gasteiger partial charge in [0, 0.05) is 45.7 Å². The summed E-state index contributed by atoms with van der Waals surface area (Å²) in [4.78, 5) is 4.99. The molecule has 3 aliphatic carbocycles. The first-order valence-electron chi connectivity index (χ1n) is 19.4. The molecule has 2 nitrogen and oxygen atoms in total. The van der Waals surface area contributed by atoms with E-state index < -0.39 is 0 Å². The van der Waals surface area contributed by atoms with E-state index in [-0.39, 0.29) is 17.4 Å². The van der Waals surface area contributed by atoms with Crippen LogP contribution >= 0.6 is 0 Å². The number of nitrogens with zero attached hydrogens (tertiary/aromatic N) is 2. The van der Waals surface area contributed by atoms with Crippen LogP contribution in [-0.2, 0) is 5.41 Å². The van der Waals surface area contributed by atoms with Gasteiger partial charge in [-0.2, -0.15) is 0 Å². The Bertz CT molecular complexity index is 2520. The first kappa shape index (κ1) is 32.5. The third-order valence-corrected chi connectivity index (χ3v) is 12.3. The molecule has 4 atom stereocenters. The van der Waals surface area contributed by atoms with Crippen LogP contribution in [0, 0.1) is 11.8 Å². The monoisotopic (exact) mass is 696 g/mol. The fourth-order valence-corrected chi connectivity index (χ4v) is 9.59. The highest BCUT2D eigenvalue weighted by Gasteiger charge is 2.39. The number of fused-ring (bicyclic) bond motifs is 6. The topological polar surface area (TPSA) is 6.48 Å². The van der Waals surface area contributed by atoms with Crippen LogP contribution in [0.3, 0.4) is 0 Å². The van der Waals surface area contributed by atoms with Crippen molar-refractivity contribution in [3.8, 4) is 22.3 Å². The summed E-state index contributed by atoms with van der Waals surface area (Å²) in [5.41, 5.74) is 16.7. The van der Waals surface area contributed by atoms with Gasteiger partial charge >= 0.3 is 0 Å². The molecule has 0 N–H and O–H groups in total. The summed E-state index contributed by atoms with van der Waals surface area (Å²) >= 11 is 0. The van der Waals surface area contributed by atoms with E-state index in [0.717, 1.165) is 5.69 Å². The highest BCUT2D eigenvalue weighted by Crippen LogP contribution is 2.52. The maximum absolute atomic E-state index is 2.55. The number of allylic oxidation sites excluding steroid dienone is 5. The van der Waals surface area contributed by atoms with E-state index in [1.807, 2.05) is 0 Å². The molecular formula is C52H44N2. The molecule has 54 heavy (non-hydrogen) atoms. The van der Waals surface area contributed by atoms with E-state index in [0.29, 0.717) is 11.8 Å². The molecule has 1 heterocycles. The average molecular weight is 697 g/mol. The van der Waals surface area contributed by atoms with E-state index in [1.54, 1.807) is 0 Å². The number of para-hydroxylation sites is 2. The van der Waals surface area contributed by atoms with Crippen molar-refractivity contribution in [1.29, 1.82) is 0 Å². The molecule has 10 rings (SSSR count). The normalized spacial score (nSPS) is 21.4. The smallest absolute Gasteiger partial charge is 0.0629 e. The Morgan fingerprint density at radius 2 is 1.26 bits per heavy atom. The minimum atomic E-state index is -0.0821. The second-order valence-electron chi connectivity index (χ2n) is 15.8. The van der Waals surface area contributed by atoms with Crippen molar-refractivity contribution in [2.45, 2.75) is 38.1 Å². The summed E-state index contributed by atoms with van der Waals surface area (Å²) in [6, 6.07) is 55.8. The minimum absolute atomic E-state index is 0.0821. The van der Waals surface area contributed by atoms with E-state index in [2.05, 4.69) is 219 Å². The molecule has 2 heteroatoms. The van der Waals surface area contributed by atoms with Gasteiger partial charge in [-0.15, -0.1) is 0 Å². The molecule has 0 radical (unpaired) electrons. The zero-order valence-corrected chi connectivity index (χ0v) is 31.1. The summed E-state index contributed by atoms with van der Waals surface area (Å²) in [6.07, 6.45) is 14.7. The maximum atomic E-state index is 2.55. The van der Waals surface area contributed by atoms with Crippen LogP contribution in [0.5, 0.6) is 0 Å². The first-order chi connectivity index (χ1) is 26.5.